The van der Waals surface area contributed by atoms with Crippen LogP contribution < -0.4 is 20.2 Å². The fourth-order valence-electron chi connectivity index (χ4n) is 5.37. The van der Waals surface area contributed by atoms with Gasteiger partial charge in [-0.2, -0.15) is 5.09 Å². The molecule has 1 aromatic heterocycles. The van der Waals surface area contributed by atoms with Gasteiger partial charge < -0.3 is 34.8 Å². The number of carbonyl (C=O) groups excluding carboxylic acids is 2. The number of anilines is 1. The number of carbonyl (C=O) groups is 2. The van der Waals surface area contributed by atoms with Crippen LogP contribution in [0.5, 0.6) is 5.75 Å². The molecule has 1 amide bonds. The van der Waals surface area contributed by atoms with Crippen molar-refractivity contribution >= 4 is 25.4 Å². The Morgan fingerprint density at radius 2 is 1.98 bits per heavy atom. The number of halogens is 1. The van der Waals surface area contributed by atoms with Gasteiger partial charge in [-0.05, 0) is 58.6 Å². The number of alkyl halides is 1. The fraction of sp³-hybridized carbons (Fsp3) is 0.593. The van der Waals surface area contributed by atoms with Crippen LogP contribution in [0, 0.1) is 0 Å². The second-order valence-corrected chi connectivity index (χ2v) is 13.0. The van der Waals surface area contributed by atoms with E-state index in [4.69, 9.17) is 18.5 Å². The Balaban J connectivity index is 1.34. The van der Waals surface area contributed by atoms with E-state index < -0.39 is 62.2 Å². The molecule has 7 atom stereocenters. The van der Waals surface area contributed by atoms with Crippen molar-refractivity contribution in [3.8, 4) is 5.75 Å². The summed E-state index contributed by atoms with van der Waals surface area (Å²) >= 11 is 0. The van der Waals surface area contributed by atoms with Crippen molar-refractivity contribution in [3.63, 3.8) is 0 Å². The molecule has 0 bridgehead atoms. The largest absolute Gasteiger partial charge is 0.461 e. The second kappa shape index (κ2) is 12.1. The summed E-state index contributed by atoms with van der Waals surface area (Å²) in [5.41, 5.74) is -2.28. The summed E-state index contributed by atoms with van der Waals surface area (Å²) in [5, 5.41) is 30.2. The highest BCUT2D eigenvalue weighted by atomic mass is 31.2. The molecule has 14 nitrogen and oxygen atoms in total. The lowest BCUT2D eigenvalue weighted by Crippen LogP contribution is -2.49. The van der Waals surface area contributed by atoms with E-state index in [-0.39, 0.29) is 23.4 Å². The van der Waals surface area contributed by atoms with Crippen molar-refractivity contribution in [3.05, 3.63) is 42.4 Å². The number of aromatic nitrogens is 2. The fourth-order valence-corrected chi connectivity index (χ4v) is 6.87. The summed E-state index contributed by atoms with van der Waals surface area (Å²) in [6.45, 7) is 3.04. The van der Waals surface area contributed by atoms with Gasteiger partial charge in [0.1, 0.15) is 42.0 Å². The molecule has 2 aliphatic heterocycles. The average Bonchev–Trinajstić information content (AvgIpc) is 3.46. The summed E-state index contributed by atoms with van der Waals surface area (Å²) in [7, 11) is -4.53. The van der Waals surface area contributed by atoms with Gasteiger partial charge in [-0.25, -0.2) is 13.9 Å². The van der Waals surface area contributed by atoms with Crippen molar-refractivity contribution in [2.45, 2.75) is 95.0 Å². The van der Waals surface area contributed by atoms with Crippen LogP contribution in [0.3, 0.4) is 0 Å². The minimum atomic E-state index is -4.53. The molecule has 0 spiro atoms. The molecule has 5 rings (SSSR count). The number of para-hydroxylation sites is 1. The van der Waals surface area contributed by atoms with E-state index in [2.05, 4.69) is 20.7 Å². The van der Waals surface area contributed by atoms with E-state index in [1.807, 2.05) is 0 Å². The van der Waals surface area contributed by atoms with Crippen LogP contribution >= 0.6 is 7.75 Å². The van der Waals surface area contributed by atoms with Gasteiger partial charge in [-0.15, -0.1) is 0 Å². The van der Waals surface area contributed by atoms with Crippen molar-refractivity contribution in [2.24, 2.45) is 0 Å². The number of fused-ring (bicyclic) bond motifs is 1. The van der Waals surface area contributed by atoms with E-state index in [0.29, 0.717) is 0 Å². The van der Waals surface area contributed by atoms with Crippen LogP contribution in [0.1, 0.15) is 69.6 Å². The molecule has 5 N–H and O–H groups in total. The topological polar surface area (TPSA) is 182 Å². The van der Waals surface area contributed by atoms with Crippen molar-refractivity contribution < 1.29 is 47.3 Å². The molecule has 0 radical (unpaired) electrons. The normalized spacial score (nSPS) is 31.3. The Kier molecular flexibility index (Phi) is 8.85. The molecule has 2 aromatic rings. The lowest BCUT2D eigenvalue weighted by atomic mass is 9.95. The van der Waals surface area contributed by atoms with Crippen molar-refractivity contribution in [1.82, 2.24) is 20.0 Å². The van der Waals surface area contributed by atoms with Crippen LogP contribution in [0.2, 0.25) is 0 Å². The van der Waals surface area contributed by atoms with E-state index in [0.717, 1.165) is 45.4 Å². The summed E-state index contributed by atoms with van der Waals surface area (Å²) < 4.78 is 53.5. The summed E-state index contributed by atoms with van der Waals surface area (Å²) in [6.07, 6.45) is 1.01. The number of aliphatic hydroxyl groups excluding tert-OH is 1. The van der Waals surface area contributed by atoms with Crippen LogP contribution in [-0.2, 0) is 23.4 Å². The number of amides is 1. The highest BCUT2D eigenvalue weighted by molar-refractivity contribution is 7.52. The molecule has 236 valence electrons. The minimum absolute atomic E-state index is 0.0151. The van der Waals surface area contributed by atoms with Crippen LogP contribution in [-0.4, -0.2) is 74.1 Å². The number of imidazole rings is 1. The predicted octanol–water partition coefficient (Wildman–Crippen LogP) is 2.75. The summed E-state index contributed by atoms with van der Waals surface area (Å²) in [5.74, 6) is -4.05. The molecule has 3 aliphatic rings. The van der Waals surface area contributed by atoms with E-state index >= 15 is 4.39 Å². The number of esters is 1. The van der Waals surface area contributed by atoms with E-state index in [9.17, 15) is 24.4 Å². The maximum absolute atomic E-state index is 16.3. The Bertz CT molecular complexity index is 1370. The molecule has 1 saturated heterocycles. The maximum Gasteiger partial charge on any atom is 0.459 e. The number of nitrogens with one attached hydrogen (secondary N) is 3. The molecule has 1 saturated carbocycles. The second-order valence-electron chi connectivity index (χ2n) is 11.3. The van der Waals surface area contributed by atoms with E-state index in [1.165, 1.54) is 23.6 Å². The Morgan fingerprint density at radius 1 is 1.28 bits per heavy atom. The highest BCUT2D eigenvalue weighted by Gasteiger charge is 2.64. The zero-order chi connectivity index (χ0) is 31.0. The zero-order valence-electron chi connectivity index (χ0n) is 24.1. The molecule has 1 aromatic carbocycles. The van der Waals surface area contributed by atoms with Gasteiger partial charge in [0.05, 0.1) is 12.5 Å². The number of aliphatic hydroxyl groups is 2. The third kappa shape index (κ3) is 6.56. The number of rotatable bonds is 10. The molecule has 2 fully saturated rings. The molecule has 3 heterocycles. The average molecular weight is 626 g/mol. The number of ether oxygens (including phenoxy) is 2. The van der Waals surface area contributed by atoms with Gasteiger partial charge >= 0.3 is 13.7 Å². The van der Waals surface area contributed by atoms with Crippen LogP contribution in [0.15, 0.2) is 36.7 Å². The lowest BCUT2D eigenvalue weighted by Gasteiger charge is -2.30. The first-order valence-corrected chi connectivity index (χ1v) is 15.7. The van der Waals surface area contributed by atoms with Gasteiger partial charge in [0.15, 0.2) is 11.9 Å². The monoisotopic (exact) mass is 625 g/mol. The zero-order valence-corrected chi connectivity index (χ0v) is 25.0. The maximum atomic E-state index is 16.3. The van der Waals surface area contributed by atoms with E-state index in [1.54, 1.807) is 25.1 Å². The lowest BCUT2D eigenvalue weighted by molar-refractivity contribution is -0.203. The predicted molar refractivity (Wildman–Crippen MR) is 150 cm³/mol. The Hall–Kier alpha value is -3.07. The van der Waals surface area contributed by atoms with Gasteiger partial charge in [-0.1, -0.05) is 24.6 Å². The first-order valence-electron chi connectivity index (χ1n) is 14.2. The third-order valence-electron chi connectivity index (χ3n) is 7.67. The van der Waals surface area contributed by atoms with Crippen molar-refractivity contribution in [2.75, 3.05) is 11.9 Å². The molecular formula is C27H37FN5O9P. The smallest absolute Gasteiger partial charge is 0.459 e. The molecule has 43 heavy (non-hydrogen) atoms. The standard InChI is InChI=1S/C27H37FN5O9P/c1-16(23(35)40-18-10-6-4-7-11-18)32-43(38,42-19-12-8-5-9-13-19)39-14-27(28)24(36)26(3,37)25(41-27)33-15-29-20-21(33)30-17(2)31-22(20)34/h5,8-9,12-13,15-18,24-25,30,36-37H,4,6-7,10-11,14H2,1-3H3,(H,31,34)(H,32,38)/t16?,17?,24-,25+,26+,27+,43?/m0/s1. The first kappa shape index (κ1) is 31.4. The third-order valence-corrected chi connectivity index (χ3v) is 9.30. The summed E-state index contributed by atoms with van der Waals surface area (Å²) in [6, 6.07) is 6.73. The summed E-state index contributed by atoms with van der Waals surface area (Å²) in [4.78, 5) is 29.2. The number of hydrogen-bond donors (Lipinski definition) is 5. The SMILES string of the molecule is CC1NC(=O)c2ncn([C@@H]3O[C@](F)(COP(=O)(NC(C)C(=O)OC4CCCCC4)Oc4ccccc4)[C@@H](O)[C@@]3(C)O)c2N1. The first-order chi connectivity index (χ1) is 20.3. The minimum Gasteiger partial charge on any atom is -0.461 e. The van der Waals surface area contributed by atoms with Gasteiger partial charge in [0, 0.05) is 0 Å². The van der Waals surface area contributed by atoms with Crippen LogP contribution in [0.4, 0.5) is 10.2 Å². The van der Waals surface area contributed by atoms with Gasteiger partial charge in [0.25, 0.3) is 11.8 Å². The molecule has 1 aliphatic carbocycles. The number of nitrogens with zero attached hydrogens (tertiary/aromatic N) is 2. The Labute approximate surface area is 247 Å². The molecule has 3 unspecified atom stereocenters. The number of hydrogen-bond acceptors (Lipinski definition) is 11. The Morgan fingerprint density at radius 3 is 2.67 bits per heavy atom. The highest BCUT2D eigenvalue weighted by Crippen LogP contribution is 2.51. The molecule has 16 heteroatoms. The van der Waals surface area contributed by atoms with Crippen LogP contribution in [0.25, 0.3) is 0 Å². The number of benzene rings is 1. The van der Waals surface area contributed by atoms with Crippen molar-refractivity contribution in [1.29, 1.82) is 0 Å². The molecular weight excluding hydrogens is 588 g/mol. The quantitative estimate of drug-likeness (QED) is 0.193. The van der Waals surface area contributed by atoms with Gasteiger partial charge in [-0.3, -0.25) is 18.7 Å². The van der Waals surface area contributed by atoms with Gasteiger partial charge in [0.2, 0.25) is 0 Å².